The van der Waals surface area contributed by atoms with E-state index in [1.165, 1.54) is 12.1 Å². The number of carbonyl (C=O) groups is 3. The minimum Gasteiger partial charge on any atom is -0.507 e. The third-order valence-electron chi connectivity index (χ3n) is 3.77. The van der Waals surface area contributed by atoms with E-state index in [9.17, 15) is 19.5 Å². The van der Waals surface area contributed by atoms with Gasteiger partial charge in [0.25, 0.3) is 11.8 Å². The van der Waals surface area contributed by atoms with Crippen LogP contribution < -0.4 is 15.0 Å². The summed E-state index contributed by atoms with van der Waals surface area (Å²) < 4.78 is 5.97. The van der Waals surface area contributed by atoms with Gasteiger partial charge in [0.05, 0.1) is 15.9 Å². The lowest BCUT2D eigenvalue weighted by Crippen LogP contribution is -2.54. The number of phenols is 1. The van der Waals surface area contributed by atoms with Gasteiger partial charge in [0.15, 0.2) is 0 Å². The van der Waals surface area contributed by atoms with Gasteiger partial charge in [-0.2, -0.15) is 0 Å². The van der Waals surface area contributed by atoms with Gasteiger partial charge in [-0.1, -0.05) is 12.1 Å². The van der Waals surface area contributed by atoms with Crippen molar-refractivity contribution in [3.63, 3.8) is 0 Å². The summed E-state index contributed by atoms with van der Waals surface area (Å²) in [5.74, 6) is -0.904. The van der Waals surface area contributed by atoms with Gasteiger partial charge in [-0.15, -0.1) is 0 Å². The minimum atomic E-state index is -0.823. The number of imide groups is 2. The zero-order valence-corrected chi connectivity index (χ0v) is 16.4. The number of barbiturate groups is 1. The first kappa shape index (κ1) is 18.9. The second-order valence-electron chi connectivity index (χ2n) is 5.60. The molecule has 1 aliphatic rings. The van der Waals surface area contributed by atoms with Crippen molar-refractivity contribution in [2.45, 2.75) is 6.92 Å². The van der Waals surface area contributed by atoms with Crippen LogP contribution in [0.3, 0.4) is 0 Å². The molecule has 1 saturated heterocycles. The van der Waals surface area contributed by atoms with Gasteiger partial charge in [0, 0.05) is 6.07 Å². The first-order valence-electron chi connectivity index (χ1n) is 8.03. The molecule has 8 heteroatoms. The lowest BCUT2D eigenvalue weighted by atomic mass is 10.1. The molecule has 1 fully saturated rings. The highest BCUT2D eigenvalue weighted by molar-refractivity contribution is 14.1. The molecular weight excluding hydrogens is 463 g/mol. The summed E-state index contributed by atoms with van der Waals surface area (Å²) >= 11 is 1.94. The predicted molar refractivity (Wildman–Crippen MR) is 107 cm³/mol. The molecule has 138 valence electrons. The van der Waals surface area contributed by atoms with E-state index < -0.39 is 17.8 Å². The van der Waals surface area contributed by atoms with Gasteiger partial charge < -0.3 is 9.84 Å². The van der Waals surface area contributed by atoms with Crippen LogP contribution in [0.2, 0.25) is 0 Å². The fourth-order valence-electron chi connectivity index (χ4n) is 2.55. The Labute approximate surface area is 168 Å². The third-order valence-corrected chi connectivity index (χ3v) is 4.64. The van der Waals surface area contributed by atoms with Crippen LogP contribution in [0.25, 0.3) is 6.08 Å². The normalized spacial score (nSPS) is 15.9. The second kappa shape index (κ2) is 7.78. The Morgan fingerprint density at radius 3 is 2.67 bits per heavy atom. The lowest BCUT2D eigenvalue weighted by Gasteiger charge is -2.26. The summed E-state index contributed by atoms with van der Waals surface area (Å²) in [6, 6.07) is 10.3. The Bertz CT molecular complexity index is 970. The number of rotatable bonds is 4. The number of benzene rings is 2. The molecule has 0 radical (unpaired) electrons. The fourth-order valence-corrected chi connectivity index (χ4v) is 3.09. The number of aromatic hydroxyl groups is 1. The van der Waals surface area contributed by atoms with Gasteiger partial charge in [-0.05, 0) is 65.4 Å². The topological polar surface area (TPSA) is 95.9 Å². The summed E-state index contributed by atoms with van der Waals surface area (Å²) in [4.78, 5) is 38.2. The van der Waals surface area contributed by atoms with Gasteiger partial charge >= 0.3 is 6.03 Å². The minimum absolute atomic E-state index is 0.0988. The Balaban J connectivity index is 1.99. The molecule has 0 aromatic heterocycles. The molecule has 7 nitrogen and oxygen atoms in total. The van der Waals surface area contributed by atoms with Crippen molar-refractivity contribution in [3.05, 3.63) is 57.2 Å². The molecular formula is C19H15IN2O5. The molecule has 1 heterocycles. The van der Waals surface area contributed by atoms with Crippen molar-refractivity contribution in [3.8, 4) is 11.5 Å². The number of nitrogens with one attached hydrogen (secondary N) is 1. The number of anilines is 1. The average molecular weight is 478 g/mol. The Hall–Kier alpha value is -2.88. The standard InChI is InChI=1S/C19H15IN2O5/c1-2-27-13-5-3-4-12(10-13)22-18(25)14(17(24)21-19(22)26)8-11-6-7-16(23)15(20)9-11/h3-10,23H,2H2,1H3,(H,21,24,26). The molecule has 4 amide bonds. The zero-order valence-electron chi connectivity index (χ0n) is 14.2. The van der Waals surface area contributed by atoms with Crippen molar-refractivity contribution in [2.24, 2.45) is 0 Å². The van der Waals surface area contributed by atoms with Crippen LogP contribution in [0.1, 0.15) is 12.5 Å². The molecule has 2 aromatic carbocycles. The molecule has 0 atom stereocenters. The average Bonchev–Trinajstić information content (AvgIpc) is 2.62. The van der Waals surface area contributed by atoms with Gasteiger partial charge in [0.2, 0.25) is 0 Å². The van der Waals surface area contributed by atoms with Gasteiger partial charge in [-0.3, -0.25) is 14.9 Å². The maximum Gasteiger partial charge on any atom is 0.335 e. The number of amides is 4. The lowest BCUT2D eigenvalue weighted by molar-refractivity contribution is -0.122. The fraction of sp³-hybridized carbons (Fsp3) is 0.105. The van der Waals surface area contributed by atoms with E-state index in [0.717, 1.165) is 4.90 Å². The first-order valence-corrected chi connectivity index (χ1v) is 9.11. The van der Waals surface area contributed by atoms with Crippen LogP contribution in [-0.4, -0.2) is 29.6 Å². The number of urea groups is 1. The van der Waals surface area contributed by atoms with Gasteiger partial charge in [-0.25, -0.2) is 9.69 Å². The number of nitrogens with zero attached hydrogens (tertiary/aromatic N) is 1. The van der Waals surface area contributed by atoms with Crippen molar-refractivity contribution in [2.75, 3.05) is 11.5 Å². The Kier molecular flexibility index (Phi) is 5.45. The molecule has 2 aromatic rings. The van der Waals surface area contributed by atoms with Crippen LogP contribution in [0, 0.1) is 3.57 Å². The molecule has 0 bridgehead atoms. The van der Waals surface area contributed by atoms with Crippen molar-refractivity contribution < 1.29 is 24.2 Å². The largest absolute Gasteiger partial charge is 0.507 e. The number of carbonyl (C=O) groups excluding carboxylic acids is 3. The number of phenolic OH excluding ortho intramolecular Hbond substituents is 1. The molecule has 0 spiro atoms. The molecule has 2 N–H and O–H groups in total. The maximum atomic E-state index is 12.9. The summed E-state index contributed by atoms with van der Waals surface area (Å²) in [6.07, 6.45) is 1.38. The van der Waals surface area contributed by atoms with E-state index in [1.807, 2.05) is 29.5 Å². The van der Waals surface area contributed by atoms with Crippen molar-refractivity contribution >= 4 is 52.2 Å². The van der Waals surface area contributed by atoms with Gasteiger partial charge in [0.1, 0.15) is 17.1 Å². The number of halogens is 1. The predicted octanol–water partition coefficient (Wildman–Crippen LogP) is 3.06. The second-order valence-corrected chi connectivity index (χ2v) is 6.76. The van der Waals surface area contributed by atoms with Crippen LogP contribution in [0.15, 0.2) is 48.0 Å². The zero-order chi connectivity index (χ0) is 19.6. The molecule has 0 saturated carbocycles. The van der Waals surface area contributed by atoms with Crippen molar-refractivity contribution in [1.29, 1.82) is 0 Å². The number of hydrogen-bond acceptors (Lipinski definition) is 5. The summed E-state index contributed by atoms with van der Waals surface area (Å²) in [6.45, 7) is 2.26. The molecule has 3 rings (SSSR count). The highest BCUT2D eigenvalue weighted by Gasteiger charge is 2.36. The Morgan fingerprint density at radius 2 is 1.96 bits per heavy atom. The molecule has 0 aliphatic carbocycles. The van der Waals surface area contributed by atoms with Crippen LogP contribution in [-0.2, 0) is 9.59 Å². The molecule has 0 unspecified atom stereocenters. The Morgan fingerprint density at radius 1 is 1.19 bits per heavy atom. The quantitative estimate of drug-likeness (QED) is 0.400. The van der Waals surface area contributed by atoms with E-state index in [0.29, 0.717) is 27.2 Å². The van der Waals surface area contributed by atoms with E-state index in [2.05, 4.69) is 5.32 Å². The van der Waals surface area contributed by atoms with E-state index in [-0.39, 0.29) is 11.3 Å². The SMILES string of the molecule is CCOc1cccc(N2C(=O)NC(=O)C(=Cc3ccc(O)c(I)c3)C2=O)c1. The summed E-state index contributed by atoms with van der Waals surface area (Å²) in [5.41, 5.74) is 0.660. The highest BCUT2D eigenvalue weighted by atomic mass is 127. The first-order chi connectivity index (χ1) is 12.9. The van der Waals surface area contributed by atoms with Crippen LogP contribution in [0.5, 0.6) is 11.5 Å². The van der Waals surface area contributed by atoms with Crippen LogP contribution >= 0.6 is 22.6 Å². The van der Waals surface area contributed by atoms with E-state index in [1.54, 1.807) is 36.4 Å². The third kappa shape index (κ3) is 3.95. The maximum absolute atomic E-state index is 12.9. The molecule has 1 aliphatic heterocycles. The number of hydrogen-bond donors (Lipinski definition) is 2. The smallest absolute Gasteiger partial charge is 0.335 e. The van der Waals surface area contributed by atoms with E-state index >= 15 is 0 Å². The number of ether oxygens (including phenoxy) is 1. The highest BCUT2D eigenvalue weighted by Crippen LogP contribution is 2.26. The monoisotopic (exact) mass is 478 g/mol. The summed E-state index contributed by atoms with van der Waals surface area (Å²) in [7, 11) is 0. The van der Waals surface area contributed by atoms with Crippen LogP contribution in [0.4, 0.5) is 10.5 Å². The molecule has 27 heavy (non-hydrogen) atoms. The van der Waals surface area contributed by atoms with Crippen molar-refractivity contribution in [1.82, 2.24) is 5.32 Å². The van der Waals surface area contributed by atoms with E-state index in [4.69, 9.17) is 4.74 Å². The summed E-state index contributed by atoms with van der Waals surface area (Å²) in [5, 5.41) is 11.8.